The molecule has 4 rings (SSSR count). The molecule has 158 valence electrons. The first-order chi connectivity index (χ1) is 14.8. The van der Waals surface area contributed by atoms with Gasteiger partial charge < -0.3 is 15.0 Å². The van der Waals surface area contributed by atoms with E-state index in [0.29, 0.717) is 33.4 Å². The quantitative estimate of drug-likeness (QED) is 0.392. The molecule has 0 unspecified atom stereocenters. The van der Waals surface area contributed by atoms with Crippen LogP contribution in [0.5, 0.6) is 5.75 Å². The highest BCUT2D eigenvalue weighted by Gasteiger charge is 2.30. The number of H-pyrrole nitrogens is 1. The molecule has 1 heterocycles. The van der Waals surface area contributed by atoms with Gasteiger partial charge in [0, 0.05) is 5.69 Å². The molecule has 2 N–H and O–H groups in total. The second kappa shape index (κ2) is 8.31. The summed E-state index contributed by atoms with van der Waals surface area (Å²) in [6.45, 7) is 0.0430. The van der Waals surface area contributed by atoms with Crippen LogP contribution in [0.15, 0.2) is 66.7 Å². The highest BCUT2D eigenvalue weighted by molar-refractivity contribution is 6.34. The van der Waals surface area contributed by atoms with Crippen molar-refractivity contribution in [1.82, 2.24) is 9.97 Å². The van der Waals surface area contributed by atoms with Crippen molar-refractivity contribution >= 4 is 34.2 Å². The van der Waals surface area contributed by atoms with Crippen LogP contribution < -0.4 is 10.1 Å². The fraction of sp³-hybridized carbons (Fsp3) is 0.0909. The van der Waals surface area contributed by atoms with Crippen molar-refractivity contribution in [3.63, 3.8) is 0 Å². The van der Waals surface area contributed by atoms with Gasteiger partial charge in [0.15, 0.2) is 0 Å². The van der Waals surface area contributed by atoms with Crippen LogP contribution in [0.4, 0.5) is 18.9 Å². The predicted molar refractivity (Wildman–Crippen MR) is 111 cm³/mol. The number of hydrogen-bond acceptors (Lipinski definition) is 3. The molecule has 0 fully saturated rings. The van der Waals surface area contributed by atoms with Crippen molar-refractivity contribution < 1.29 is 22.7 Å². The first-order valence-electron chi connectivity index (χ1n) is 9.14. The van der Waals surface area contributed by atoms with Gasteiger partial charge >= 0.3 is 6.18 Å². The lowest BCUT2D eigenvalue weighted by molar-refractivity contribution is -0.137. The van der Waals surface area contributed by atoms with E-state index in [-0.39, 0.29) is 18.0 Å². The van der Waals surface area contributed by atoms with Gasteiger partial charge in [-0.15, -0.1) is 0 Å². The molecule has 0 bridgehead atoms. The second-order valence-corrected chi connectivity index (χ2v) is 7.07. The molecule has 0 radical (unpaired) electrons. The summed E-state index contributed by atoms with van der Waals surface area (Å²) in [5.41, 5.74) is 0.879. The molecule has 0 aliphatic heterocycles. The van der Waals surface area contributed by atoms with E-state index >= 15 is 0 Å². The summed E-state index contributed by atoms with van der Waals surface area (Å²) >= 11 is 6.02. The molecule has 0 saturated heterocycles. The largest absolute Gasteiger partial charge is 0.486 e. The minimum atomic E-state index is -4.42. The summed E-state index contributed by atoms with van der Waals surface area (Å²) in [5, 5.41) is 3.10. The maximum absolute atomic E-state index is 12.8. The SMILES string of the molecule is O=C(Nc1ccc(OCc2nc3ccc(C(F)(F)F)cc3[nH]2)cc1)c1ccccc1Cl. The second-order valence-electron chi connectivity index (χ2n) is 6.66. The fourth-order valence-electron chi connectivity index (χ4n) is 2.94. The number of carbonyl (C=O) groups is 1. The van der Waals surface area contributed by atoms with Crippen molar-refractivity contribution in [2.24, 2.45) is 0 Å². The van der Waals surface area contributed by atoms with E-state index in [1.807, 2.05) is 0 Å². The summed E-state index contributed by atoms with van der Waals surface area (Å²) < 4.78 is 44.1. The topological polar surface area (TPSA) is 67.0 Å². The van der Waals surface area contributed by atoms with Gasteiger partial charge in [-0.25, -0.2) is 4.98 Å². The number of amides is 1. The predicted octanol–water partition coefficient (Wildman–Crippen LogP) is 6.07. The van der Waals surface area contributed by atoms with E-state index in [1.54, 1.807) is 48.5 Å². The number of anilines is 1. The van der Waals surface area contributed by atoms with Gasteiger partial charge in [-0.3, -0.25) is 4.79 Å². The monoisotopic (exact) mass is 445 g/mol. The maximum atomic E-state index is 12.8. The lowest BCUT2D eigenvalue weighted by Gasteiger charge is -2.08. The Labute approximate surface area is 179 Å². The number of fused-ring (bicyclic) bond motifs is 1. The van der Waals surface area contributed by atoms with Crippen molar-refractivity contribution in [1.29, 1.82) is 0 Å². The Balaban J connectivity index is 1.39. The maximum Gasteiger partial charge on any atom is 0.416 e. The van der Waals surface area contributed by atoms with Crippen LogP contribution in [-0.2, 0) is 12.8 Å². The van der Waals surface area contributed by atoms with Gasteiger partial charge in [0.05, 0.1) is 27.2 Å². The number of imidazole rings is 1. The summed E-state index contributed by atoms with van der Waals surface area (Å²) in [6, 6.07) is 16.7. The van der Waals surface area contributed by atoms with Crippen LogP contribution in [0.3, 0.4) is 0 Å². The zero-order valence-electron chi connectivity index (χ0n) is 15.8. The van der Waals surface area contributed by atoms with Crippen molar-refractivity contribution in [3.05, 3.63) is 88.7 Å². The van der Waals surface area contributed by atoms with Crippen LogP contribution in [-0.4, -0.2) is 15.9 Å². The average molecular weight is 446 g/mol. The third-order valence-corrected chi connectivity index (χ3v) is 4.79. The number of carbonyl (C=O) groups excluding carboxylic acids is 1. The van der Waals surface area contributed by atoms with Gasteiger partial charge in [-0.2, -0.15) is 13.2 Å². The zero-order chi connectivity index (χ0) is 22.0. The molecule has 31 heavy (non-hydrogen) atoms. The van der Waals surface area contributed by atoms with Crippen molar-refractivity contribution in [2.75, 3.05) is 5.32 Å². The van der Waals surface area contributed by atoms with E-state index in [9.17, 15) is 18.0 Å². The highest BCUT2D eigenvalue weighted by atomic mass is 35.5. The van der Waals surface area contributed by atoms with Gasteiger partial charge in [0.1, 0.15) is 18.2 Å². The number of hydrogen-bond donors (Lipinski definition) is 2. The summed E-state index contributed by atoms with van der Waals surface area (Å²) in [5.74, 6) is 0.567. The number of alkyl halides is 3. The van der Waals surface area contributed by atoms with Crippen LogP contribution in [0, 0.1) is 0 Å². The van der Waals surface area contributed by atoms with Gasteiger partial charge in [0.2, 0.25) is 0 Å². The highest BCUT2D eigenvalue weighted by Crippen LogP contribution is 2.31. The Morgan fingerprint density at radius 3 is 2.52 bits per heavy atom. The van der Waals surface area contributed by atoms with Crippen molar-refractivity contribution in [2.45, 2.75) is 12.8 Å². The van der Waals surface area contributed by atoms with Crippen molar-refractivity contribution in [3.8, 4) is 5.75 Å². The first-order valence-corrected chi connectivity index (χ1v) is 9.52. The number of nitrogens with one attached hydrogen (secondary N) is 2. The molecule has 1 amide bonds. The number of ether oxygens (including phenoxy) is 1. The van der Waals surface area contributed by atoms with Gasteiger partial charge in [-0.1, -0.05) is 23.7 Å². The third-order valence-electron chi connectivity index (χ3n) is 4.46. The number of rotatable bonds is 5. The van der Waals surface area contributed by atoms with E-state index < -0.39 is 11.7 Å². The number of nitrogens with zero attached hydrogens (tertiary/aromatic N) is 1. The molecular weight excluding hydrogens is 431 g/mol. The molecule has 0 spiro atoms. The van der Waals surface area contributed by atoms with E-state index in [0.717, 1.165) is 12.1 Å². The van der Waals surface area contributed by atoms with Gasteiger partial charge in [-0.05, 0) is 54.6 Å². The zero-order valence-corrected chi connectivity index (χ0v) is 16.6. The third kappa shape index (κ3) is 4.80. The van der Waals surface area contributed by atoms with E-state index in [4.69, 9.17) is 16.3 Å². The molecule has 4 aromatic rings. The minimum absolute atomic E-state index is 0.0430. The smallest absolute Gasteiger partial charge is 0.416 e. The Bertz CT molecular complexity index is 1240. The molecular formula is C22H15ClF3N3O2. The minimum Gasteiger partial charge on any atom is -0.486 e. The van der Waals surface area contributed by atoms with Crippen LogP contribution in [0.1, 0.15) is 21.7 Å². The fourth-order valence-corrected chi connectivity index (χ4v) is 3.16. The van der Waals surface area contributed by atoms with Crippen LogP contribution in [0.25, 0.3) is 11.0 Å². The van der Waals surface area contributed by atoms with Crippen LogP contribution >= 0.6 is 11.6 Å². The normalized spacial score (nSPS) is 11.5. The lowest BCUT2D eigenvalue weighted by atomic mass is 10.2. The molecule has 0 aliphatic rings. The number of aromatic nitrogens is 2. The first kappa shape index (κ1) is 20.7. The Morgan fingerprint density at radius 1 is 1.06 bits per heavy atom. The number of benzene rings is 3. The lowest BCUT2D eigenvalue weighted by Crippen LogP contribution is -2.12. The van der Waals surface area contributed by atoms with E-state index in [2.05, 4.69) is 15.3 Å². The number of halogens is 4. The van der Waals surface area contributed by atoms with Gasteiger partial charge in [0.25, 0.3) is 5.91 Å². The van der Waals surface area contributed by atoms with E-state index in [1.165, 1.54) is 6.07 Å². The molecule has 1 aromatic heterocycles. The Morgan fingerprint density at radius 2 is 1.81 bits per heavy atom. The molecule has 0 atom stereocenters. The Kier molecular flexibility index (Phi) is 5.56. The molecule has 3 aromatic carbocycles. The molecule has 0 saturated carbocycles. The van der Waals surface area contributed by atoms with Crippen LogP contribution in [0.2, 0.25) is 5.02 Å². The summed E-state index contributed by atoms with van der Waals surface area (Å²) in [6.07, 6.45) is -4.42. The molecule has 5 nitrogen and oxygen atoms in total. The molecule has 9 heteroatoms. The molecule has 0 aliphatic carbocycles. The Hall–Kier alpha value is -3.52. The standard InChI is InChI=1S/C22H15ClF3N3O2/c23-17-4-2-1-3-16(17)21(30)27-14-6-8-15(9-7-14)31-12-20-28-18-10-5-13(22(24,25)26)11-19(18)29-20/h1-11H,12H2,(H,27,30)(H,28,29). The summed E-state index contributed by atoms with van der Waals surface area (Å²) in [4.78, 5) is 19.4. The average Bonchev–Trinajstić information content (AvgIpc) is 3.15. The number of aromatic amines is 1. The summed E-state index contributed by atoms with van der Waals surface area (Å²) in [7, 11) is 0.